The molecule has 0 heterocycles. The highest BCUT2D eigenvalue weighted by Crippen LogP contribution is 2.05. The van der Waals surface area contributed by atoms with Gasteiger partial charge in [0.1, 0.15) is 0 Å². The molecule has 0 atom stereocenters. The summed E-state index contributed by atoms with van der Waals surface area (Å²) in [6, 6.07) is 1.16. The van der Waals surface area contributed by atoms with Crippen molar-refractivity contribution in [3.8, 4) is 0 Å². The Morgan fingerprint density at radius 3 is 2.80 bits per heavy atom. The van der Waals surface area contributed by atoms with Crippen molar-refractivity contribution in [2.75, 3.05) is 0 Å². The molecule has 0 radical (unpaired) electrons. The highest BCUT2D eigenvalue weighted by Gasteiger charge is 1.92. The molecule has 0 aromatic heterocycles. The van der Waals surface area contributed by atoms with E-state index < -0.39 is 9.68 Å². The molecule has 0 unspecified atom stereocenters. The van der Waals surface area contributed by atoms with E-state index in [1.807, 2.05) is 0 Å². The summed E-state index contributed by atoms with van der Waals surface area (Å²) in [7, 11) is -0.430. The van der Waals surface area contributed by atoms with Crippen molar-refractivity contribution in [3.63, 3.8) is 0 Å². The van der Waals surface area contributed by atoms with E-state index in [0.29, 0.717) is 0 Å². The lowest BCUT2D eigenvalue weighted by Gasteiger charge is -2.00. The van der Waals surface area contributed by atoms with Crippen LogP contribution in [0.2, 0.25) is 6.04 Å². The lowest BCUT2D eigenvalue weighted by atomic mass is 10.1. The summed E-state index contributed by atoms with van der Waals surface area (Å²) in [5.41, 5.74) is 0. The minimum absolute atomic E-state index is 0.430. The minimum atomic E-state index is -0.430. The second kappa shape index (κ2) is 6.71. The van der Waals surface area contributed by atoms with E-state index in [1.165, 1.54) is 12.8 Å². The summed E-state index contributed by atoms with van der Waals surface area (Å²) in [6.45, 7) is 4.43. The normalized spacial score (nSPS) is 10.7. The van der Waals surface area contributed by atoms with Crippen molar-refractivity contribution < 1.29 is 4.79 Å². The number of hydrogen-bond acceptors (Lipinski definition) is 2. The largest absolute Gasteiger partial charge is 0.256 e. The number of isocyanates is 1. The SMILES string of the molecule is CC(C)CCC[SiH2]N=C=O. The highest BCUT2D eigenvalue weighted by molar-refractivity contribution is 6.34. The molecule has 0 N–H and O–H groups in total. The molecule has 0 fully saturated rings. The Labute approximate surface area is 64.6 Å². The molecule has 10 heavy (non-hydrogen) atoms. The maximum Gasteiger partial charge on any atom is 0.224 e. The first-order chi connectivity index (χ1) is 4.77. The lowest BCUT2D eigenvalue weighted by molar-refractivity contribution is 0.565. The van der Waals surface area contributed by atoms with Gasteiger partial charge in [0.15, 0.2) is 9.68 Å². The van der Waals surface area contributed by atoms with Gasteiger partial charge in [-0.1, -0.05) is 26.7 Å². The van der Waals surface area contributed by atoms with E-state index in [2.05, 4.69) is 18.5 Å². The maximum atomic E-state index is 9.64. The van der Waals surface area contributed by atoms with Crippen LogP contribution in [-0.2, 0) is 4.79 Å². The zero-order chi connectivity index (χ0) is 7.82. The molecule has 2 nitrogen and oxygen atoms in total. The van der Waals surface area contributed by atoms with Gasteiger partial charge in [0.25, 0.3) is 0 Å². The first-order valence-corrected chi connectivity index (χ1v) is 5.44. The predicted octanol–water partition coefficient (Wildman–Crippen LogP) is 1.26. The first-order valence-electron chi connectivity index (χ1n) is 3.81. The van der Waals surface area contributed by atoms with Crippen LogP contribution in [0.15, 0.2) is 4.66 Å². The van der Waals surface area contributed by atoms with Crippen LogP contribution in [0.3, 0.4) is 0 Å². The molecule has 0 aromatic carbocycles. The van der Waals surface area contributed by atoms with Crippen LogP contribution in [-0.4, -0.2) is 15.8 Å². The molecule has 0 amide bonds. The van der Waals surface area contributed by atoms with Crippen molar-refractivity contribution in [1.29, 1.82) is 0 Å². The molecule has 0 bridgehead atoms. The zero-order valence-corrected chi connectivity index (χ0v) is 8.18. The van der Waals surface area contributed by atoms with Crippen LogP contribution in [0.4, 0.5) is 0 Å². The second-order valence-corrected chi connectivity index (χ2v) is 4.33. The van der Waals surface area contributed by atoms with E-state index in [4.69, 9.17) is 0 Å². The van der Waals surface area contributed by atoms with Crippen LogP contribution in [0.25, 0.3) is 0 Å². The molecule has 3 heteroatoms. The fourth-order valence-electron chi connectivity index (χ4n) is 0.789. The summed E-state index contributed by atoms with van der Waals surface area (Å²) >= 11 is 0. The van der Waals surface area contributed by atoms with Gasteiger partial charge >= 0.3 is 0 Å². The average Bonchev–Trinajstić information content (AvgIpc) is 1.87. The lowest BCUT2D eigenvalue weighted by Crippen LogP contribution is -1.89. The fraction of sp³-hybridized carbons (Fsp3) is 0.857. The third-order valence-electron chi connectivity index (χ3n) is 1.37. The van der Waals surface area contributed by atoms with Gasteiger partial charge in [0.05, 0.1) is 0 Å². The third kappa shape index (κ3) is 7.60. The molecule has 58 valence electrons. The van der Waals surface area contributed by atoms with Crippen LogP contribution in [0, 0.1) is 5.92 Å². The highest BCUT2D eigenvalue weighted by atomic mass is 28.2. The smallest absolute Gasteiger partial charge is 0.224 e. The molecule has 0 aliphatic heterocycles. The standard InChI is InChI=1S/C7H15NOSi/c1-7(2)4-3-5-10-8-6-9/h7H,3-5,10H2,1-2H3. The summed E-state index contributed by atoms with van der Waals surface area (Å²) in [5.74, 6) is 0.786. The molecular formula is C7H15NOSi. The quantitative estimate of drug-likeness (QED) is 0.256. The Balaban J connectivity index is 2.98. The van der Waals surface area contributed by atoms with Gasteiger partial charge in [-0.15, -0.1) is 0 Å². The Morgan fingerprint density at radius 1 is 1.60 bits per heavy atom. The molecule has 0 spiro atoms. The van der Waals surface area contributed by atoms with Crippen LogP contribution < -0.4 is 0 Å². The third-order valence-corrected chi connectivity index (χ3v) is 2.53. The molecule has 0 aliphatic rings. The molecule has 0 saturated heterocycles. The van der Waals surface area contributed by atoms with Gasteiger partial charge in [-0.25, -0.2) is 4.79 Å². The Hall–Kier alpha value is -0.403. The van der Waals surface area contributed by atoms with E-state index >= 15 is 0 Å². The number of rotatable bonds is 5. The molecule has 0 rings (SSSR count). The predicted molar refractivity (Wildman–Crippen MR) is 45.5 cm³/mol. The fourth-order valence-corrected chi connectivity index (χ4v) is 1.55. The van der Waals surface area contributed by atoms with Crippen LogP contribution in [0.5, 0.6) is 0 Å². The number of carbonyl (C=O) groups excluding carboxylic acids is 1. The zero-order valence-electron chi connectivity index (χ0n) is 6.76. The van der Waals surface area contributed by atoms with E-state index in [-0.39, 0.29) is 0 Å². The van der Waals surface area contributed by atoms with Crippen molar-refractivity contribution in [1.82, 2.24) is 0 Å². The molecule has 0 saturated carbocycles. The van der Waals surface area contributed by atoms with E-state index in [1.54, 1.807) is 6.08 Å². The molecule has 0 aromatic rings. The summed E-state index contributed by atoms with van der Waals surface area (Å²) in [4.78, 5) is 9.64. The number of nitrogens with zero attached hydrogens (tertiary/aromatic N) is 1. The van der Waals surface area contributed by atoms with Gasteiger partial charge in [-0.3, -0.25) is 4.66 Å². The first kappa shape index (κ1) is 9.60. The maximum absolute atomic E-state index is 9.64. The van der Waals surface area contributed by atoms with Crippen LogP contribution >= 0.6 is 0 Å². The van der Waals surface area contributed by atoms with Crippen LogP contribution in [0.1, 0.15) is 26.7 Å². The van der Waals surface area contributed by atoms with Gasteiger partial charge < -0.3 is 0 Å². The monoisotopic (exact) mass is 157 g/mol. The van der Waals surface area contributed by atoms with E-state index in [0.717, 1.165) is 12.0 Å². The van der Waals surface area contributed by atoms with Crippen molar-refractivity contribution in [3.05, 3.63) is 0 Å². The van der Waals surface area contributed by atoms with Gasteiger partial charge in [-0.2, -0.15) is 0 Å². The summed E-state index contributed by atoms with van der Waals surface area (Å²) in [6.07, 6.45) is 4.09. The molecule has 0 aliphatic carbocycles. The topological polar surface area (TPSA) is 29.4 Å². The van der Waals surface area contributed by atoms with Gasteiger partial charge in [0, 0.05) is 0 Å². The van der Waals surface area contributed by atoms with Crippen molar-refractivity contribution in [2.24, 2.45) is 10.6 Å². The van der Waals surface area contributed by atoms with Crippen molar-refractivity contribution >= 4 is 15.8 Å². The number of hydrogen-bond donors (Lipinski definition) is 0. The van der Waals surface area contributed by atoms with Gasteiger partial charge in [0.2, 0.25) is 6.08 Å². The second-order valence-electron chi connectivity index (χ2n) is 2.86. The average molecular weight is 157 g/mol. The van der Waals surface area contributed by atoms with Crippen molar-refractivity contribution in [2.45, 2.75) is 32.7 Å². The Bertz CT molecular complexity index is 119. The summed E-state index contributed by atoms with van der Waals surface area (Å²) < 4.78 is 3.60. The van der Waals surface area contributed by atoms with Gasteiger partial charge in [-0.05, 0) is 12.0 Å². The molecular weight excluding hydrogens is 142 g/mol. The Morgan fingerprint density at radius 2 is 2.30 bits per heavy atom. The Kier molecular flexibility index (Phi) is 6.44. The van der Waals surface area contributed by atoms with E-state index in [9.17, 15) is 4.79 Å². The summed E-state index contributed by atoms with van der Waals surface area (Å²) in [5, 5.41) is 0. The minimum Gasteiger partial charge on any atom is -0.256 e.